The van der Waals surface area contributed by atoms with E-state index in [0.29, 0.717) is 18.4 Å². The van der Waals surface area contributed by atoms with Crippen molar-refractivity contribution < 1.29 is 9.47 Å². The number of hydrogen-bond acceptors (Lipinski definition) is 4. The maximum Gasteiger partial charge on any atom is 0.189 e. The lowest BCUT2D eigenvalue weighted by atomic mass is 10.1. The largest absolute Gasteiger partial charge is 0.467 e. The molecular formula is C17H15ClN2O2S. The first-order valence-electron chi connectivity index (χ1n) is 7.28. The van der Waals surface area contributed by atoms with Gasteiger partial charge in [-0.2, -0.15) is 0 Å². The van der Waals surface area contributed by atoms with Crippen LogP contribution in [-0.4, -0.2) is 16.3 Å². The van der Waals surface area contributed by atoms with Crippen molar-refractivity contribution in [2.45, 2.75) is 17.5 Å². The highest BCUT2D eigenvalue weighted by Gasteiger charge is 2.17. The molecule has 118 valence electrons. The third-order valence-electron chi connectivity index (χ3n) is 3.85. The molecular weight excluding hydrogens is 332 g/mol. The molecule has 1 aromatic heterocycles. The number of ether oxygens (including phenoxy) is 2. The summed E-state index contributed by atoms with van der Waals surface area (Å²) in [6.07, 6.45) is 0. The van der Waals surface area contributed by atoms with Crippen LogP contribution in [0.25, 0.3) is 11.0 Å². The molecule has 4 rings (SSSR count). The lowest BCUT2D eigenvalue weighted by Gasteiger charge is -2.21. The Morgan fingerprint density at radius 3 is 3.04 bits per heavy atom. The Hall–Kier alpha value is -1.69. The van der Waals surface area contributed by atoms with Crippen molar-refractivity contribution in [3.05, 3.63) is 52.5 Å². The van der Waals surface area contributed by atoms with Crippen molar-refractivity contribution in [3.8, 4) is 5.75 Å². The molecule has 6 heteroatoms. The molecule has 0 unspecified atom stereocenters. The Labute approximate surface area is 143 Å². The number of halogens is 1. The topological polar surface area (TPSA) is 36.3 Å². The summed E-state index contributed by atoms with van der Waals surface area (Å²) < 4.78 is 13.1. The van der Waals surface area contributed by atoms with Gasteiger partial charge in [-0.25, -0.2) is 4.98 Å². The van der Waals surface area contributed by atoms with E-state index >= 15 is 0 Å². The van der Waals surface area contributed by atoms with Crippen LogP contribution in [-0.2, 0) is 24.1 Å². The number of rotatable bonds is 3. The lowest BCUT2D eigenvalue weighted by Crippen LogP contribution is -2.13. The molecule has 0 radical (unpaired) electrons. The number of hydrogen-bond donors (Lipinski definition) is 0. The summed E-state index contributed by atoms with van der Waals surface area (Å²) in [6, 6.07) is 12.0. The first kappa shape index (κ1) is 14.9. The summed E-state index contributed by atoms with van der Waals surface area (Å²) in [5.74, 6) is 1.65. The summed E-state index contributed by atoms with van der Waals surface area (Å²) >= 11 is 7.90. The van der Waals surface area contributed by atoms with Gasteiger partial charge in [0.1, 0.15) is 5.75 Å². The molecule has 1 aliphatic rings. The number of nitrogens with zero attached hydrogens (tertiary/aromatic N) is 2. The Morgan fingerprint density at radius 2 is 2.17 bits per heavy atom. The van der Waals surface area contributed by atoms with Crippen molar-refractivity contribution in [2.75, 3.05) is 6.79 Å². The Balaban J connectivity index is 1.63. The van der Waals surface area contributed by atoms with Gasteiger partial charge >= 0.3 is 0 Å². The second-order valence-corrected chi connectivity index (χ2v) is 6.77. The lowest BCUT2D eigenvalue weighted by molar-refractivity contribution is -0.0168. The Morgan fingerprint density at radius 1 is 1.30 bits per heavy atom. The van der Waals surface area contributed by atoms with Gasteiger partial charge in [-0.15, -0.1) is 0 Å². The van der Waals surface area contributed by atoms with Crippen LogP contribution in [0.2, 0.25) is 5.02 Å². The quantitative estimate of drug-likeness (QED) is 0.659. The highest BCUT2D eigenvalue weighted by Crippen LogP contribution is 2.35. The third kappa shape index (κ3) is 2.80. The number of fused-ring (bicyclic) bond motifs is 2. The molecule has 0 bridgehead atoms. The summed E-state index contributed by atoms with van der Waals surface area (Å²) in [6.45, 7) is 0.832. The maximum absolute atomic E-state index is 6.22. The summed E-state index contributed by atoms with van der Waals surface area (Å²) in [5, 5.41) is 1.69. The number of aromatic nitrogens is 2. The zero-order chi connectivity index (χ0) is 15.8. The molecule has 0 aliphatic carbocycles. The van der Waals surface area contributed by atoms with Gasteiger partial charge in [-0.05, 0) is 24.3 Å². The van der Waals surface area contributed by atoms with E-state index in [2.05, 4.69) is 15.6 Å². The second kappa shape index (κ2) is 6.07. The van der Waals surface area contributed by atoms with E-state index in [-0.39, 0.29) is 0 Å². The van der Waals surface area contributed by atoms with Crippen molar-refractivity contribution in [3.63, 3.8) is 0 Å². The fourth-order valence-electron chi connectivity index (χ4n) is 2.76. The first-order valence-corrected chi connectivity index (χ1v) is 8.65. The number of thioether (sulfide) groups is 1. The molecule has 3 aromatic rings. The van der Waals surface area contributed by atoms with Gasteiger partial charge in [0.15, 0.2) is 11.9 Å². The Bertz CT molecular complexity index is 878. The van der Waals surface area contributed by atoms with Gasteiger partial charge in [-0.3, -0.25) is 0 Å². The van der Waals surface area contributed by atoms with Gasteiger partial charge in [0.25, 0.3) is 0 Å². The molecule has 0 amide bonds. The third-order valence-corrected chi connectivity index (χ3v) is 5.15. The van der Waals surface area contributed by atoms with Crippen LogP contribution >= 0.6 is 23.4 Å². The van der Waals surface area contributed by atoms with E-state index in [4.69, 9.17) is 21.1 Å². The Kier molecular flexibility index (Phi) is 3.93. The number of benzene rings is 2. The van der Waals surface area contributed by atoms with E-state index < -0.39 is 0 Å². The monoisotopic (exact) mass is 346 g/mol. The molecule has 2 aromatic carbocycles. The molecule has 0 fully saturated rings. The minimum atomic E-state index is 0.290. The summed E-state index contributed by atoms with van der Waals surface area (Å²) in [7, 11) is 2.04. The molecule has 0 saturated carbocycles. The van der Waals surface area contributed by atoms with E-state index in [0.717, 1.165) is 38.8 Å². The highest BCUT2D eigenvalue weighted by molar-refractivity contribution is 7.98. The van der Waals surface area contributed by atoms with Gasteiger partial charge < -0.3 is 14.0 Å². The van der Waals surface area contributed by atoms with Crippen molar-refractivity contribution >= 4 is 34.4 Å². The number of aryl methyl sites for hydroxylation is 1. The molecule has 0 N–H and O–H groups in total. The van der Waals surface area contributed by atoms with Crippen LogP contribution in [0.1, 0.15) is 11.1 Å². The minimum Gasteiger partial charge on any atom is -0.467 e. The standard InChI is InChI=1S/C17H15ClN2O2S/c1-20-15-5-3-2-4-14(15)19-17(20)23-9-12-7-13(18)6-11-8-21-10-22-16(11)12/h2-7H,8-10H2,1H3. The highest BCUT2D eigenvalue weighted by atomic mass is 35.5. The zero-order valence-electron chi connectivity index (χ0n) is 12.6. The van der Waals surface area contributed by atoms with Crippen LogP contribution in [0.5, 0.6) is 5.75 Å². The van der Waals surface area contributed by atoms with E-state index in [1.165, 1.54) is 0 Å². The fraction of sp³-hybridized carbons (Fsp3) is 0.235. The van der Waals surface area contributed by atoms with E-state index in [1.807, 2.05) is 37.4 Å². The zero-order valence-corrected chi connectivity index (χ0v) is 14.2. The molecule has 0 atom stereocenters. The predicted molar refractivity (Wildman–Crippen MR) is 92.0 cm³/mol. The molecule has 1 aliphatic heterocycles. The predicted octanol–water partition coefficient (Wildman–Crippen LogP) is 4.39. The van der Waals surface area contributed by atoms with Crippen molar-refractivity contribution in [1.82, 2.24) is 9.55 Å². The summed E-state index contributed by atoms with van der Waals surface area (Å²) in [5.41, 5.74) is 4.22. The van der Waals surface area contributed by atoms with Crippen LogP contribution in [0.15, 0.2) is 41.6 Å². The average molecular weight is 347 g/mol. The normalized spacial score (nSPS) is 13.8. The van der Waals surface area contributed by atoms with E-state index in [9.17, 15) is 0 Å². The van der Waals surface area contributed by atoms with Gasteiger partial charge in [0.05, 0.1) is 17.6 Å². The molecule has 4 nitrogen and oxygen atoms in total. The van der Waals surface area contributed by atoms with Crippen LogP contribution < -0.4 is 4.74 Å². The SMILES string of the molecule is Cn1c(SCc2cc(Cl)cc3c2OCOC3)nc2ccccc21. The second-order valence-electron chi connectivity index (χ2n) is 5.39. The van der Waals surface area contributed by atoms with Gasteiger partial charge in [0, 0.05) is 29.0 Å². The van der Waals surface area contributed by atoms with Gasteiger partial charge in [-0.1, -0.05) is 35.5 Å². The average Bonchev–Trinajstić information content (AvgIpc) is 2.89. The molecule has 0 spiro atoms. The van der Waals surface area contributed by atoms with Crippen LogP contribution in [0.3, 0.4) is 0 Å². The van der Waals surface area contributed by atoms with Crippen molar-refractivity contribution in [2.24, 2.45) is 7.05 Å². The van der Waals surface area contributed by atoms with Gasteiger partial charge in [0.2, 0.25) is 0 Å². The number of para-hydroxylation sites is 2. The fourth-order valence-corrected chi connectivity index (χ4v) is 3.98. The summed E-state index contributed by atoms with van der Waals surface area (Å²) in [4.78, 5) is 4.69. The minimum absolute atomic E-state index is 0.290. The number of imidazole rings is 1. The van der Waals surface area contributed by atoms with Crippen LogP contribution in [0, 0.1) is 0 Å². The maximum atomic E-state index is 6.22. The first-order chi connectivity index (χ1) is 11.2. The van der Waals surface area contributed by atoms with Crippen molar-refractivity contribution in [1.29, 1.82) is 0 Å². The molecule has 0 saturated heterocycles. The smallest absolute Gasteiger partial charge is 0.189 e. The van der Waals surface area contributed by atoms with E-state index in [1.54, 1.807) is 11.8 Å². The molecule has 23 heavy (non-hydrogen) atoms. The molecule has 2 heterocycles. The van der Waals surface area contributed by atoms with Crippen LogP contribution in [0.4, 0.5) is 0 Å².